The van der Waals surface area contributed by atoms with E-state index in [4.69, 9.17) is 0 Å². The molecule has 1 aromatic heterocycles. The Hall–Kier alpha value is -1.29. The third-order valence-corrected chi connectivity index (χ3v) is 4.18. The van der Waals surface area contributed by atoms with E-state index in [9.17, 15) is 5.11 Å². The minimum Gasteiger partial charge on any atom is -0.393 e. The summed E-state index contributed by atoms with van der Waals surface area (Å²) in [5.41, 5.74) is 1.21. The third-order valence-electron chi connectivity index (χ3n) is 4.18. The first-order valence-electron chi connectivity index (χ1n) is 6.35. The molecule has 1 saturated heterocycles. The van der Waals surface area contributed by atoms with E-state index in [1.807, 2.05) is 19.3 Å². The van der Waals surface area contributed by atoms with E-state index in [-0.39, 0.29) is 6.10 Å². The fourth-order valence-corrected chi connectivity index (χ4v) is 3.20. The van der Waals surface area contributed by atoms with Crippen LogP contribution in [0.3, 0.4) is 0 Å². The molecule has 2 heterocycles. The maximum absolute atomic E-state index is 9.91. The van der Waals surface area contributed by atoms with Crippen LogP contribution in [-0.2, 0) is 0 Å². The van der Waals surface area contributed by atoms with Crippen LogP contribution in [0.4, 0.5) is 11.5 Å². The van der Waals surface area contributed by atoms with E-state index in [2.05, 4.69) is 21.3 Å². The summed E-state index contributed by atoms with van der Waals surface area (Å²) >= 11 is 0. The van der Waals surface area contributed by atoms with Crippen LogP contribution >= 0.6 is 0 Å². The molecule has 3 rings (SSSR count). The van der Waals surface area contributed by atoms with E-state index in [1.54, 1.807) is 0 Å². The van der Waals surface area contributed by atoms with Crippen molar-refractivity contribution in [2.45, 2.75) is 18.9 Å². The van der Waals surface area contributed by atoms with Gasteiger partial charge in [0.05, 0.1) is 6.10 Å². The van der Waals surface area contributed by atoms with Crippen LogP contribution in [0.2, 0.25) is 0 Å². The molecule has 92 valence electrons. The molecule has 0 bridgehead atoms. The number of anilines is 2. The largest absolute Gasteiger partial charge is 0.393 e. The van der Waals surface area contributed by atoms with Crippen LogP contribution in [0.25, 0.3) is 0 Å². The Kier molecular flexibility index (Phi) is 2.67. The number of nitrogens with zero attached hydrogens (tertiary/aromatic N) is 2. The fraction of sp³-hybridized carbons (Fsp3) is 0.615. The van der Waals surface area contributed by atoms with Gasteiger partial charge in [0.25, 0.3) is 0 Å². The summed E-state index contributed by atoms with van der Waals surface area (Å²) in [6.45, 7) is 2.06. The van der Waals surface area contributed by atoms with Gasteiger partial charge in [-0.15, -0.1) is 0 Å². The van der Waals surface area contributed by atoms with Gasteiger partial charge in [-0.25, -0.2) is 4.98 Å². The molecule has 3 atom stereocenters. The Morgan fingerprint density at radius 3 is 3.06 bits per heavy atom. The molecule has 0 amide bonds. The molecule has 0 radical (unpaired) electrons. The van der Waals surface area contributed by atoms with Gasteiger partial charge in [0, 0.05) is 44.0 Å². The normalized spacial score (nSPS) is 31.6. The average Bonchev–Trinajstić information content (AvgIpc) is 2.92. The van der Waals surface area contributed by atoms with Crippen LogP contribution in [0.15, 0.2) is 18.3 Å². The molecule has 1 aromatic rings. The number of rotatable bonds is 2. The van der Waals surface area contributed by atoms with Gasteiger partial charge in [-0.3, -0.25) is 0 Å². The van der Waals surface area contributed by atoms with Crippen molar-refractivity contribution >= 4 is 11.5 Å². The molecule has 4 heteroatoms. The van der Waals surface area contributed by atoms with Crippen LogP contribution in [0, 0.1) is 11.8 Å². The molecule has 2 N–H and O–H groups in total. The van der Waals surface area contributed by atoms with Crippen molar-refractivity contribution < 1.29 is 5.11 Å². The number of hydrogen-bond acceptors (Lipinski definition) is 4. The van der Waals surface area contributed by atoms with Crippen molar-refractivity contribution in [3.63, 3.8) is 0 Å². The first kappa shape index (κ1) is 10.8. The predicted octanol–water partition coefficient (Wildman–Crippen LogP) is 1.33. The van der Waals surface area contributed by atoms with E-state index < -0.39 is 0 Å². The molecular formula is C13H19N3O. The highest BCUT2D eigenvalue weighted by Crippen LogP contribution is 2.39. The lowest BCUT2D eigenvalue weighted by Crippen LogP contribution is -2.24. The smallest absolute Gasteiger partial charge is 0.127 e. The zero-order valence-electron chi connectivity index (χ0n) is 10.1. The second-order valence-electron chi connectivity index (χ2n) is 5.12. The molecule has 2 aliphatic rings. The van der Waals surface area contributed by atoms with Crippen LogP contribution in [-0.4, -0.2) is 36.3 Å². The van der Waals surface area contributed by atoms with E-state index in [0.29, 0.717) is 11.8 Å². The van der Waals surface area contributed by atoms with E-state index in [1.165, 1.54) is 12.1 Å². The molecule has 0 spiro atoms. The number of fused-ring (bicyclic) bond motifs is 1. The fourth-order valence-electron chi connectivity index (χ4n) is 3.20. The lowest BCUT2D eigenvalue weighted by molar-refractivity contribution is 0.133. The first-order chi connectivity index (χ1) is 8.28. The highest BCUT2D eigenvalue weighted by atomic mass is 16.3. The predicted molar refractivity (Wildman–Crippen MR) is 68.2 cm³/mol. The summed E-state index contributed by atoms with van der Waals surface area (Å²) < 4.78 is 0. The zero-order valence-corrected chi connectivity index (χ0v) is 10.1. The Labute approximate surface area is 102 Å². The number of aliphatic hydroxyl groups is 1. The van der Waals surface area contributed by atoms with Gasteiger partial charge in [0.2, 0.25) is 0 Å². The Balaban J connectivity index is 1.78. The van der Waals surface area contributed by atoms with Crippen LogP contribution in [0.1, 0.15) is 12.8 Å². The number of aromatic nitrogens is 1. The van der Waals surface area contributed by atoms with Crippen molar-refractivity contribution in [3.8, 4) is 0 Å². The summed E-state index contributed by atoms with van der Waals surface area (Å²) in [5, 5.41) is 13.0. The summed E-state index contributed by atoms with van der Waals surface area (Å²) in [7, 11) is 1.88. The van der Waals surface area contributed by atoms with E-state index in [0.717, 1.165) is 25.3 Å². The lowest BCUT2D eigenvalue weighted by Gasteiger charge is -2.20. The molecule has 1 aliphatic heterocycles. The Morgan fingerprint density at radius 1 is 1.41 bits per heavy atom. The first-order valence-corrected chi connectivity index (χ1v) is 6.35. The Morgan fingerprint density at radius 2 is 2.29 bits per heavy atom. The second kappa shape index (κ2) is 4.18. The van der Waals surface area contributed by atoms with Crippen LogP contribution in [0.5, 0.6) is 0 Å². The summed E-state index contributed by atoms with van der Waals surface area (Å²) in [6, 6.07) is 4.13. The number of aliphatic hydroxyl groups excluding tert-OH is 1. The Bertz CT molecular complexity index is 409. The van der Waals surface area contributed by atoms with Crippen molar-refractivity contribution in [3.05, 3.63) is 18.3 Å². The van der Waals surface area contributed by atoms with Gasteiger partial charge in [-0.05, 0) is 24.8 Å². The zero-order chi connectivity index (χ0) is 11.8. The SMILES string of the molecule is CNc1cc(N2CC3CCC(O)C3C2)ccn1. The third kappa shape index (κ3) is 1.86. The average molecular weight is 233 g/mol. The highest BCUT2D eigenvalue weighted by Gasteiger charge is 2.41. The maximum Gasteiger partial charge on any atom is 0.127 e. The quantitative estimate of drug-likeness (QED) is 0.809. The van der Waals surface area contributed by atoms with Crippen molar-refractivity contribution in [2.75, 3.05) is 30.4 Å². The van der Waals surface area contributed by atoms with E-state index >= 15 is 0 Å². The van der Waals surface area contributed by atoms with Crippen LogP contribution < -0.4 is 10.2 Å². The molecule has 2 fully saturated rings. The van der Waals surface area contributed by atoms with Gasteiger partial charge in [-0.1, -0.05) is 0 Å². The van der Waals surface area contributed by atoms with Gasteiger partial charge in [0.1, 0.15) is 5.82 Å². The minimum absolute atomic E-state index is 0.0874. The molecule has 0 aromatic carbocycles. The summed E-state index contributed by atoms with van der Waals surface area (Å²) in [4.78, 5) is 6.60. The van der Waals surface area contributed by atoms with Gasteiger partial charge in [-0.2, -0.15) is 0 Å². The van der Waals surface area contributed by atoms with Crippen molar-refractivity contribution in [2.24, 2.45) is 11.8 Å². The lowest BCUT2D eigenvalue weighted by atomic mass is 10.00. The minimum atomic E-state index is -0.0874. The van der Waals surface area contributed by atoms with Gasteiger partial charge in [0.15, 0.2) is 0 Å². The standard InChI is InChI=1S/C13H19N3O/c1-14-13-6-10(4-5-15-13)16-7-9-2-3-12(17)11(9)8-16/h4-6,9,11-12,17H,2-3,7-8H2,1H3,(H,14,15). The van der Waals surface area contributed by atoms with Crippen molar-refractivity contribution in [1.29, 1.82) is 0 Å². The summed E-state index contributed by atoms with van der Waals surface area (Å²) in [5.74, 6) is 2.05. The second-order valence-corrected chi connectivity index (χ2v) is 5.12. The van der Waals surface area contributed by atoms with Gasteiger partial charge < -0.3 is 15.3 Å². The molecule has 4 nitrogen and oxygen atoms in total. The highest BCUT2D eigenvalue weighted by molar-refractivity contribution is 5.54. The molecule has 1 aliphatic carbocycles. The number of pyridine rings is 1. The maximum atomic E-state index is 9.91. The topological polar surface area (TPSA) is 48.4 Å². The summed E-state index contributed by atoms with van der Waals surface area (Å²) in [6.07, 6.45) is 3.91. The molecular weight excluding hydrogens is 214 g/mol. The van der Waals surface area contributed by atoms with Gasteiger partial charge >= 0.3 is 0 Å². The molecule has 3 unspecified atom stereocenters. The van der Waals surface area contributed by atoms with Crippen molar-refractivity contribution in [1.82, 2.24) is 4.98 Å². The molecule has 17 heavy (non-hydrogen) atoms. The number of hydrogen-bond donors (Lipinski definition) is 2. The molecule has 1 saturated carbocycles. The monoisotopic (exact) mass is 233 g/mol. The number of nitrogens with one attached hydrogen (secondary N) is 1.